The summed E-state index contributed by atoms with van der Waals surface area (Å²) in [5, 5.41) is 0. The molecule has 5 nitrogen and oxygen atoms in total. The number of ether oxygens (including phenoxy) is 1. The molecule has 0 bridgehead atoms. The Morgan fingerprint density at radius 1 is 1.17 bits per heavy atom. The molecule has 1 amide bonds. The molecule has 1 saturated heterocycles. The first-order valence-corrected chi connectivity index (χ1v) is 9.86. The van der Waals surface area contributed by atoms with Gasteiger partial charge in [-0.3, -0.25) is 14.4 Å². The van der Waals surface area contributed by atoms with Gasteiger partial charge in [0, 0.05) is 24.2 Å². The van der Waals surface area contributed by atoms with E-state index in [1.165, 1.54) is 0 Å². The zero-order valence-electron chi connectivity index (χ0n) is 16.9. The van der Waals surface area contributed by atoms with Gasteiger partial charge in [0.25, 0.3) is 0 Å². The van der Waals surface area contributed by atoms with Gasteiger partial charge in [-0.25, -0.2) is 8.78 Å². The average molecular weight is 415 g/mol. The zero-order chi connectivity index (χ0) is 21.8. The van der Waals surface area contributed by atoms with Crippen molar-refractivity contribution in [1.29, 1.82) is 0 Å². The van der Waals surface area contributed by atoms with Crippen molar-refractivity contribution >= 4 is 23.3 Å². The molecule has 0 radical (unpaired) electrons. The van der Waals surface area contributed by atoms with E-state index in [1.807, 2.05) is 24.3 Å². The smallest absolute Gasteiger partial charge is 0.311 e. The lowest BCUT2D eigenvalue weighted by atomic mass is 9.96. The Balaban J connectivity index is 1.64. The molecule has 1 aliphatic rings. The van der Waals surface area contributed by atoms with Crippen LogP contribution in [0.4, 0.5) is 14.5 Å². The van der Waals surface area contributed by atoms with Crippen LogP contribution >= 0.6 is 0 Å². The van der Waals surface area contributed by atoms with E-state index in [2.05, 4.69) is 13.8 Å². The van der Waals surface area contributed by atoms with E-state index in [1.54, 1.807) is 4.90 Å². The second kappa shape index (κ2) is 9.15. The summed E-state index contributed by atoms with van der Waals surface area (Å²) in [6.07, 6.45) is 0.906. The highest BCUT2D eigenvalue weighted by molar-refractivity contribution is 6.01. The molecular formula is C23H23F2NO4. The van der Waals surface area contributed by atoms with Crippen LogP contribution in [-0.2, 0) is 14.3 Å². The molecule has 1 heterocycles. The molecule has 7 heteroatoms. The molecule has 30 heavy (non-hydrogen) atoms. The van der Waals surface area contributed by atoms with Gasteiger partial charge in [-0.05, 0) is 42.2 Å². The second-order valence-electron chi connectivity index (χ2n) is 7.43. The highest BCUT2D eigenvalue weighted by Gasteiger charge is 2.37. The van der Waals surface area contributed by atoms with Crippen LogP contribution in [0.1, 0.15) is 48.5 Å². The number of Topliss-reactive ketones (excluding diaryl/α,β-unsaturated/α-hetero) is 1. The van der Waals surface area contributed by atoms with E-state index in [9.17, 15) is 23.2 Å². The minimum Gasteiger partial charge on any atom is -0.457 e. The maximum absolute atomic E-state index is 13.3. The first-order chi connectivity index (χ1) is 14.3. The topological polar surface area (TPSA) is 63.7 Å². The van der Waals surface area contributed by atoms with Crippen molar-refractivity contribution in [3.63, 3.8) is 0 Å². The van der Waals surface area contributed by atoms with Gasteiger partial charge in [-0.2, -0.15) is 0 Å². The molecule has 1 fully saturated rings. The number of esters is 1. The van der Waals surface area contributed by atoms with Crippen LogP contribution in [0.5, 0.6) is 0 Å². The number of ketones is 1. The van der Waals surface area contributed by atoms with Crippen LogP contribution in [0.2, 0.25) is 0 Å². The fraction of sp³-hybridized carbons (Fsp3) is 0.348. The van der Waals surface area contributed by atoms with Crippen molar-refractivity contribution in [2.75, 3.05) is 18.1 Å². The first kappa shape index (κ1) is 21.6. The number of amides is 1. The summed E-state index contributed by atoms with van der Waals surface area (Å²) < 4.78 is 31.3. The van der Waals surface area contributed by atoms with Gasteiger partial charge < -0.3 is 9.64 Å². The SMILES string of the molecule is CC[C@@H](C)c1ccccc1N1C[C@H](C(=O)OCC(=O)c2ccc(F)c(F)c2)CC1=O. The number of rotatable bonds is 7. The molecule has 0 N–H and O–H groups in total. The van der Waals surface area contributed by atoms with Gasteiger partial charge in [0.2, 0.25) is 5.91 Å². The maximum Gasteiger partial charge on any atom is 0.311 e. The van der Waals surface area contributed by atoms with Crippen molar-refractivity contribution < 1.29 is 27.9 Å². The van der Waals surface area contributed by atoms with Crippen molar-refractivity contribution in [3.8, 4) is 0 Å². The fourth-order valence-electron chi connectivity index (χ4n) is 3.48. The fourth-order valence-corrected chi connectivity index (χ4v) is 3.48. The Bertz CT molecular complexity index is 975. The summed E-state index contributed by atoms with van der Waals surface area (Å²) in [5.74, 6) is -4.14. The van der Waals surface area contributed by atoms with Gasteiger partial charge in [-0.15, -0.1) is 0 Å². The number of hydrogen-bond donors (Lipinski definition) is 0. The molecule has 2 atom stereocenters. The molecule has 158 valence electrons. The number of hydrogen-bond acceptors (Lipinski definition) is 4. The quantitative estimate of drug-likeness (QED) is 0.501. The molecule has 3 rings (SSSR count). The Hall–Kier alpha value is -3.09. The Kier molecular flexibility index (Phi) is 6.59. The van der Waals surface area contributed by atoms with Crippen LogP contribution < -0.4 is 4.90 Å². The highest BCUT2D eigenvalue weighted by Crippen LogP contribution is 2.33. The summed E-state index contributed by atoms with van der Waals surface area (Å²) >= 11 is 0. The first-order valence-electron chi connectivity index (χ1n) is 9.86. The largest absolute Gasteiger partial charge is 0.457 e. The maximum atomic E-state index is 13.3. The van der Waals surface area contributed by atoms with Gasteiger partial charge in [0.05, 0.1) is 5.92 Å². The van der Waals surface area contributed by atoms with E-state index in [0.29, 0.717) is 0 Å². The van der Waals surface area contributed by atoms with Crippen molar-refractivity contribution in [2.45, 2.75) is 32.6 Å². The highest BCUT2D eigenvalue weighted by atomic mass is 19.2. The van der Waals surface area contributed by atoms with E-state index >= 15 is 0 Å². The summed E-state index contributed by atoms with van der Waals surface area (Å²) in [5.41, 5.74) is 1.73. The number of benzene rings is 2. The Morgan fingerprint density at radius 3 is 2.60 bits per heavy atom. The number of anilines is 1. The summed E-state index contributed by atoms with van der Waals surface area (Å²) in [6, 6.07) is 10.3. The number of carbonyl (C=O) groups excluding carboxylic acids is 3. The van der Waals surface area contributed by atoms with Crippen molar-refractivity contribution in [2.24, 2.45) is 5.92 Å². The van der Waals surface area contributed by atoms with Crippen molar-refractivity contribution in [3.05, 3.63) is 65.2 Å². The summed E-state index contributed by atoms with van der Waals surface area (Å²) in [4.78, 5) is 38.6. The minimum atomic E-state index is -1.15. The van der Waals surface area contributed by atoms with Crippen LogP contribution in [0.25, 0.3) is 0 Å². The lowest BCUT2D eigenvalue weighted by Crippen LogP contribution is -2.28. The molecule has 0 saturated carbocycles. The van der Waals surface area contributed by atoms with E-state index in [-0.39, 0.29) is 30.4 Å². The number of para-hydroxylation sites is 1. The number of nitrogens with zero attached hydrogens (tertiary/aromatic N) is 1. The lowest BCUT2D eigenvalue weighted by molar-refractivity contribution is -0.147. The van der Waals surface area contributed by atoms with Gasteiger partial charge in [0.15, 0.2) is 24.0 Å². The predicted molar refractivity (Wildman–Crippen MR) is 107 cm³/mol. The Morgan fingerprint density at radius 2 is 1.90 bits per heavy atom. The third-order valence-corrected chi connectivity index (χ3v) is 5.42. The Labute approximate surface area is 173 Å². The van der Waals surface area contributed by atoms with E-state index in [4.69, 9.17) is 4.74 Å². The minimum absolute atomic E-state index is 0.00690. The summed E-state index contributed by atoms with van der Waals surface area (Å²) in [7, 11) is 0. The number of carbonyl (C=O) groups is 3. The third kappa shape index (κ3) is 4.56. The molecule has 0 aliphatic carbocycles. The molecule has 2 aromatic rings. The normalized spacial score (nSPS) is 17.1. The molecular weight excluding hydrogens is 392 g/mol. The monoisotopic (exact) mass is 415 g/mol. The van der Waals surface area contributed by atoms with Crippen molar-refractivity contribution in [1.82, 2.24) is 0 Å². The predicted octanol–water partition coefficient (Wildman–Crippen LogP) is 4.26. The lowest BCUT2D eigenvalue weighted by Gasteiger charge is -2.23. The third-order valence-electron chi connectivity index (χ3n) is 5.42. The molecule has 1 aliphatic heterocycles. The molecule has 0 unspecified atom stereocenters. The number of halogens is 2. The van der Waals surface area contributed by atoms with Crippen LogP contribution in [-0.4, -0.2) is 30.8 Å². The molecule has 0 aromatic heterocycles. The van der Waals surface area contributed by atoms with Crippen LogP contribution in [0.3, 0.4) is 0 Å². The van der Waals surface area contributed by atoms with Gasteiger partial charge >= 0.3 is 5.97 Å². The standard InChI is InChI=1S/C23H23F2NO4/c1-3-14(2)17-6-4-5-7-20(17)26-12-16(11-22(26)28)23(29)30-13-21(27)15-8-9-18(24)19(25)10-15/h4-10,14,16H,3,11-13H2,1-2H3/t14-,16-/m1/s1. The van der Waals surface area contributed by atoms with E-state index in [0.717, 1.165) is 35.9 Å². The van der Waals surface area contributed by atoms with Crippen LogP contribution in [0.15, 0.2) is 42.5 Å². The molecule has 2 aromatic carbocycles. The van der Waals surface area contributed by atoms with Crippen LogP contribution in [0, 0.1) is 17.6 Å². The molecule has 0 spiro atoms. The second-order valence-corrected chi connectivity index (χ2v) is 7.43. The zero-order valence-corrected chi connectivity index (χ0v) is 16.9. The summed E-state index contributed by atoms with van der Waals surface area (Å²) in [6.45, 7) is 3.72. The average Bonchev–Trinajstić information content (AvgIpc) is 3.14. The van der Waals surface area contributed by atoms with Gasteiger partial charge in [-0.1, -0.05) is 32.0 Å². The van der Waals surface area contributed by atoms with Gasteiger partial charge in [0.1, 0.15) is 0 Å². The van der Waals surface area contributed by atoms with E-state index < -0.39 is 35.9 Å².